The SMILES string of the molecule is COc1c(C(C)(C)C)cc(C)cc1C(C)(C)C(C)=C(C)C(C)=C(C)[Si]. The molecule has 1 nitrogen and oxygen atoms in total. The van der Waals surface area contributed by atoms with Crippen LogP contribution in [0.5, 0.6) is 5.75 Å². The van der Waals surface area contributed by atoms with E-state index in [1.54, 1.807) is 7.11 Å². The minimum atomic E-state index is -0.121. The average molecular weight is 356 g/mol. The van der Waals surface area contributed by atoms with Crippen molar-refractivity contribution >= 4 is 10.2 Å². The van der Waals surface area contributed by atoms with Gasteiger partial charge in [-0.3, -0.25) is 0 Å². The zero-order valence-electron chi connectivity index (χ0n) is 18.1. The van der Waals surface area contributed by atoms with E-state index < -0.39 is 0 Å². The zero-order chi connectivity index (χ0) is 19.7. The minimum Gasteiger partial charge on any atom is -0.496 e. The Bertz CT molecular complexity index is 708. The first kappa shape index (κ1) is 21.8. The maximum Gasteiger partial charge on any atom is 0.126 e. The van der Waals surface area contributed by atoms with Gasteiger partial charge in [0.05, 0.1) is 17.4 Å². The third-order valence-electron chi connectivity index (χ3n) is 5.54. The standard InChI is InChI=1S/C23H35OSi/c1-14-12-19(22(6,7)8)21(24-11)20(13-14)23(9,10)17(4)15(2)16(3)18(5)25/h12-13H,1-11H3. The van der Waals surface area contributed by atoms with Crippen LogP contribution in [0.15, 0.2) is 34.0 Å². The number of methoxy groups -OCH3 is 1. The Balaban J connectivity index is 3.78. The van der Waals surface area contributed by atoms with Gasteiger partial charge in [0.25, 0.3) is 0 Å². The summed E-state index contributed by atoms with van der Waals surface area (Å²) < 4.78 is 5.94. The number of rotatable bonds is 4. The molecule has 25 heavy (non-hydrogen) atoms. The van der Waals surface area contributed by atoms with Crippen molar-refractivity contribution in [2.45, 2.75) is 80.1 Å². The number of ether oxygens (including phenoxy) is 1. The van der Waals surface area contributed by atoms with E-state index >= 15 is 0 Å². The van der Waals surface area contributed by atoms with E-state index in [1.807, 2.05) is 0 Å². The molecule has 0 saturated heterocycles. The van der Waals surface area contributed by atoms with Crippen LogP contribution in [0.2, 0.25) is 0 Å². The summed E-state index contributed by atoms with van der Waals surface area (Å²) in [5.41, 5.74) is 7.72. The van der Waals surface area contributed by atoms with Crippen LogP contribution in [0.4, 0.5) is 0 Å². The van der Waals surface area contributed by atoms with Gasteiger partial charge in [-0.15, -0.1) is 0 Å². The molecular weight excluding hydrogens is 320 g/mol. The van der Waals surface area contributed by atoms with Crippen LogP contribution >= 0.6 is 0 Å². The highest BCUT2D eigenvalue weighted by Gasteiger charge is 2.32. The van der Waals surface area contributed by atoms with Crippen molar-refractivity contribution in [1.29, 1.82) is 0 Å². The van der Waals surface area contributed by atoms with Gasteiger partial charge in [0, 0.05) is 16.5 Å². The van der Waals surface area contributed by atoms with E-state index in [0.29, 0.717) is 0 Å². The Labute approximate surface area is 159 Å². The molecule has 0 aliphatic heterocycles. The van der Waals surface area contributed by atoms with Crippen molar-refractivity contribution in [3.8, 4) is 5.75 Å². The molecule has 0 spiro atoms. The predicted octanol–water partition coefficient (Wildman–Crippen LogP) is 6.38. The lowest BCUT2D eigenvalue weighted by atomic mass is 9.72. The number of hydrogen-bond donors (Lipinski definition) is 0. The Morgan fingerprint density at radius 3 is 1.76 bits per heavy atom. The van der Waals surface area contributed by atoms with Crippen molar-refractivity contribution in [3.05, 3.63) is 50.7 Å². The molecule has 137 valence electrons. The highest BCUT2D eigenvalue weighted by molar-refractivity contribution is 6.21. The molecule has 2 heteroatoms. The third kappa shape index (κ3) is 4.47. The van der Waals surface area contributed by atoms with Gasteiger partial charge in [-0.1, -0.05) is 68.7 Å². The van der Waals surface area contributed by atoms with Gasteiger partial charge in [0.2, 0.25) is 0 Å². The fourth-order valence-corrected chi connectivity index (χ4v) is 3.44. The van der Waals surface area contributed by atoms with Crippen molar-refractivity contribution in [2.24, 2.45) is 0 Å². The minimum absolute atomic E-state index is 0.0385. The molecular formula is C23H35OSi. The normalized spacial score (nSPS) is 14.9. The van der Waals surface area contributed by atoms with Gasteiger partial charge in [-0.25, -0.2) is 0 Å². The van der Waals surface area contributed by atoms with Crippen molar-refractivity contribution in [1.82, 2.24) is 0 Å². The molecule has 0 heterocycles. The van der Waals surface area contributed by atoms with Crippen molar-refractivity contribution in [2.75, 3.05) is 7.11 Å². The summed E-state index contributed by atoms with van der Waals surface area (Å²) in [5, 5.41) is 1.18. The second-order valence-corrected chi connectivity index (χ2v) is 9.52. The molecule has 0 unspecified atom stereocenters. The van der Waals surface area contributed by atoms with Gasteiger partial charge in [0.15, 0.2) is 0 Å². The molecule has 1 aromatic carbocycles. The third-order valence-corrected chi connectivity index (χ3v) is 5.92. The molecule has 3 radical (unpaired) electrons. The van der Waals surface area contributed by atoms with E-state index in [9.17, 15) is 0 Å². The molecule has 0 atom stereocenters. The molecule has 1 aromatic rings. The van der Waals surface area contributed by atoms with Crippen LogP contribution in [0, 0.1) is 6.92 Å². The van der Waals surface area contributed by atoms with Crippen LogP contribution in [0.25, 0.3) is 0 Å². The van der Waals surface area contributed by atoms with Gasteiger partial charge in [-0.2, -0.15) is 0 Å². The molecule has 0 aliphatic rings. The van der Waals surface area contributed by atoms with E-state index in [1.165, 1.54) is 38.6 Å². The van der Waals surface area contributed by atoms with Gasteiger partial charge < -0.3 is 4.74 Å². The smallest absolute Gasteiger partial charge is 0.126 e. The first-order chi connectivity index (χ1) is 11.2. The summed E-state index contributed by atoms with van der Waals surface area (Å²) in [4.78, 5) is 0. The molecule has 0 N–H and O–H groups in total. The van der Waals surface area contributed by atoms with Crippen molar-refractivity contribution < 1.29 is 4.74 Å². The molecule has 0 amide bonds. The molecule has 0 aliphatic carbocycles. The van der Waals surface area contributed by atoms with Crippen LogP contribution in [-0.4, -0.2) is 17.4 Å². The lowest BCUT2D eigenvalue weighted by molar-refractivity contribution is 0.383. The first-order valence-electron chi connectivity index (χ1n) is 9.02. The monoisotopic (exact) mass is 355 g/mol. The Morgan fingerprint density at radius 2 is 1.36 bits per heavy atom. The zero-order valence-corrected chi connectivity index (χ0v) is 19.1. The van der Waals surface area contributed by atoms with Crippen LogP contribution in [0.1, 0.15) is 79.0 Å². The lowest BCUT2D eigenvalue weighted by Gasteiger charge is -2.34. The Kier molecular flexibility index (Phi) is 6.55. The molecule has 0 fully saturated rings. The molecule has 0 aromatic heterocycles. The molecule has 1 rings (SSSR count). The van der Waals surface area contributed by atoms with E-state index in [-0.39, 0.29) is 10.8 Å². The van der Waals surface area contributed by atoms with E-state index in [0.717, 1.165) is 5.75 Å². The topological polar surface area (TPSA) is 9.23 Å². The number of benzene rings is 1. The number of allylic oxidation sites excluding steroid dienone is 4. The second kappa shape index (κ2) is 7.53. The van der Waals surface area contributed by atoms with Crippen molar-refractivity contribution in [3.63, 3.8) is 0 Å². The maximum atomic E-state index is 5.94. The summed E-state index contributed by atoms with van der Waals surface area (Å²) in [6.07, 6.45) is 0. The fraction of sp³-hybridized carbons (Fsp3) is 0.565. The number of aryl methyl sites for hydroxylation is 1. The first-order valence-corrected chi connectivity index (χ1v) is 9.52. The second-order valence-electron chi connectivity index (χ2n) is 8.77. The maximum absolute atomic E-state index is 5.94. The number of hydrogen-bond acceptors (Lipinski definition) is 1. The lowest BCUT2D eigenvalue weighted by Crippen LogP contribution is -2.24. The summed E-state index contributed by atoms with van der Waals surface area (Å²) in [5.74, 6) is 1.02. The highest BCUT2D eigenvalue weighted by Crippen LogP contribution is 2.44. The van der Waals surface area contributed by atoms with Gasteiger partial charge >= 0.3 is 0 Å². The molecule has 0 saturated carbocycles. The van der Waals surface area contributed by atoms with E-state index in [4.69, 9.17) is 4.74 Å². The summed E-state index contributed by atoms with van der Waals surface area (Å²) in [6.45, 7) is 22.2. The Hall–Kier alpha value is -1.28. The predicted molar refractivity (Wildman–Crippen MR) is 112 cm³/mol. The van der Waals surface area contributed by atoms with Gasteiger partial charge in [-0.05, 0) is 45.6 Å². The Morgan fingerprint density at radius 1 is 0.880 bits per heavy atom. The summed E-state index contributed by atoms with van der Waals surface area (Å²) >= 11 is 0. The van der Waals surface area contributed by atoms with Gasteiger partial charge in [0.1, 0.15) is 5.75 Å². The van der Waals surface area contributed by atoms with Crippen LogP contribution in [-0.2, 0) is 10.8 Å². The summed E-state index contributed by atoms with van der Waals surface area (Å²) in [7, 11) is 5.47. The summed E-state index contributed by atoms with van der Waals surface area (Å²) in [6, 6.07) is 4.54. The fourth-order valence-electron chi connectivity index (χ4n) is 3.25. The highest BCUT2D eigenvalue weighted by atomic mass is 28.1. The average Bonchev–Trinajstić information content (AvgIpc) is 2.50. The van der Waals surface area contributed by atoms with Crippen LogP contribution < -0.4 is 4.74 Å². The molecule has 0 bridgehead atoms. The largest absolute Gasteiger partial charge is 0.496 e. The van der Waals surface area contributed by atoms with Crippen LogP contribution in [0.3, 0.4) is 0 Å². The van der Waals surface area contributed by atoms with E-state index in [2.05, 4.69) is 91.6 Å². The quantitative estimate of drug-likeness (QED) is 0.450.